The lowest BCUT2D eigenvalue weighted by atomic mass is 9.85. The number of ether oxygens (including phenoxy) is 1. The molecule has 1 heteroatoms. The Morgan fingerprint density at radius 1 is 1.27 bits per heavy atom. The van der Waals surface area contributed by atoms with Crippen molar-refractivity contribution >= 4 is 5.57 Å². The Bertz CT molecular complexity index is 388. The van der Waals surface area contributed by atoms with Crippen LogP contribution in [0, 0.1) is 5.92 Å². The van der Waals surface area contributed by atoms with E-state index in [1.165, 1.54) is 16.7 Å². The molecule has 0 unspecified atom stereocenters. The molecular formula is C14H18O. The number of methoxy groups -OCH3 is 1. The molecule has 0 fully saturated rings. The monoisotopic (exact) mass is 202 g/mol. The van der Waals surface area contributed by atoms with Crippen LogP contribution in [0.2, 0.25) is 0 Å². The second-order valence-electron chi connectivity index (χ2n) is 4.34. The molecule has 2 rings (SSSR count). The van der Waals surface area contributed by atoms with Crippen LogP contribution in [0.3, 0.4) is 0 Å². The van der Waals surface area contributed by atoms with E-state index < -0.39 is 0 Å². The van der Waals surface area contributed by atoms with E-state index in [4.69, 9.17) is 4.74 Å². The van der Waals surface area contributed by atoms with E-state index in [2.05, 4.69) is 38.1 Å². The lowest BCUT2D eigenvalue weighted by Gasteiger charge is -2.22. The molecule has 0 spiro atoms. The first kappa shape index (κ1) is 10.3. The number of allylic oxidation sites excluding steroid dienone is 2. The van der Waals surface area contributed by atoms with Crippen molar-refractivity contribution < 1.29 is 4.74 Å². The van der Waals surface area contributed by atoms with Gasteiger partial charge in [-0.2, -0.15) is 0 Å². The fourth-order valence-corrected chi connectivity index (χ4v) is 2.31. The van der Waals surface area contributed by atoms with Crippen molar-refractivity contribution in [3.05, 3.63) is 35.4 Å². The fraction of sp³-hybridized carbons (Fsp3) is 0.429. The molecule has 1 nitrogen and oxygen atoms in total. The predicted molar refractivity (Wildman–Crippen MR) is 64.1 cm³/mol. The molecule has 0 radical (unpaired) electrons. The zero-order valence-electron chi connectivity index (χ0n) is 9.71. The minimum absolute atomic E-state index is 0.594. The third-order valence-corrected chi connectivity index (χ3v) is 3.04. The van der Waals surface area contributed by atoms with Gasteiger partial charge >= 0.3 is 0 Å². The summed E-state index contributed by atoms with van der Waals surface area (Å²) in [6.45, 7) is 4.50. The largest absolute Gasteiger partial charge is 0.496 e. The maximum Gasteiger partial charge on any atom is 0.122 e. The molecule has 15 heavy (non-hydrogen) atoms. The first-order valence-corrected chi connectivity index (χ1v) is 5.60. The van der Waals surface area contributed by atoms with E-state index in [0.29, 0.717) is 5.92 Å². The van der Waals surface area contributed by atoms with Gasteiger partial charge in [0.1, 0.15) is 5.75 Å². The Labute approximate surface area is 91.8 Å². The molecule has 1 aromatic rings. The van der Waals surface area contributed by atoms with E-state index in [1.807, 2.05) is 0 Å². The Hall–Kier alpha value is -1.24. The quantitative estimate of drug-likeness (QED) is 0.710. The van der Waals surface area contributed by atoms with Gasteiger partial charge in [-0.05, 0) is 36.0 Å². The molecule has 0 amide bonds. The Morgan fingerprint density at radius 2 is 2.07 bits per heavy atom. The van der Waals surface area contributed by atoms with Gasteiger partial charge in [0.25, 0.3) is 0 Å². The van der Waals surface area contributed by atoms with E-state index in [1.54, 1.807) is 7.11 Å². The van der Waals surface area contributed by atoms with E-state index >= 15 is 0 Å². The summed E-state index contributed by atoms with van der Waals surface area (Å²) in [4.78, 5) is 0. The molecule has 1 aliphatic rings. The number of rotatable bonds is 2. The molecule has 0 aliphatic heterocycles. The average Bonchev–Trinajstić information content (AvgIpc) is 2.27. The summed E-state index contributed by atoms with van der Waals surface area (Å²) >= 11 is 0. The Kier molecular flexibility index (Phi) is 2.81. The van der Waals surface area contributed by atoms with Gasteiger partial charge in [-0.25, -0.2) is 0 Å². The third kappa shape index (κ3) is 1.79. The molecule has 0 saturated carbocycles. The lowest BCUT2D eigenvalue weighted by Crippen LogP contribution is -2.05. The van der Waals surface area contributed by atoms with E-state index in [-0.39, 0.29) is 0 Å². The van der Waals surface area contributed by atoms with Crippen LogP contribution >= 0.6 is 0 Å². The van der Waals surface area contributed by atoms with Crippen LogP contribution in [-0.4, -0.2) is 7.11 Å². The number of fused-ring (bicyclic) bond motifs is 1. The normalized spacial score (nSPS) is 14.8. The first-order valence-electron chi connectivity index (χ1n) is 5.60. The van der Waals surface area contributed by atoms with Crippen molar-refractivity contribution in [2.75, 3.05) is 7.11 Å². The molecule has 1 aromatic carbocycles. The maximum atomic E-state index is 5.41. The van der Waals surface area contributed by atoms with Crippen LogP contribution in [0.4, 0.5) is 0 Å². The summed E-state index contributed by atoms with van der Waals surface area (Å²) in [5, 5.41) is 0. The van der Waals surface area contributed by atoms with Gasteiger partial charge in [-0.15, -0.1) is 0 Å². The maximum absolute atomic E-state index is 5.41. The number of hydrogen-bond acceptors (Lipinski definition) is 1. The third-order valence-electron chi connectivity index (χ3n) is 3.04. The summed E-state index contributed by atoms with van der Waals surface area (Å²) in [6.07, 6.45) is 4.61. The van der Waals surface area contributed by atoms with Gasteiger partial charge in [0.2, 0.25) is 0 Å². The van der Waals surface area contributed by atoms with Crippen molar-refractivity contribution in [3.8, 4) is 5.75 Å². The summed E-state index contributed by atoms with van der Waals surface area (Å²) < 4.78 is 5.41. The molecular weight excluding hydrogens is 184 g/mol. The predicted octanol–water partition coefficient (Wildman–Crippen LogP) is 3.68. The van der Waals surface area contributed by atoms with E-state index in [9.17, 15) is 0 Å². The van der Waals surface area contributed by atoms with Gasteiger partial charge < -0.3 is 4.74 Å². The van der Waals surface area contributed by atoms with Crippen molar-refractivity contribution in [3.63, 3.8) is 0 Å². The molecule has 0 bridgehead atoms. The standard InChI is InChI=1S/C14H18O/c1-10(2)11-6-4-8-13-12(11)7-5-9-14(13)15-3/h5-7,9-10H,4,8H2,1-3H3. The van der Waals surface area contributed by atoms with Gasteiger partial charge in [0.15, 0.2) is 0 Å². The summed E-state index contributed by atoms with van der Waals surface area (Å²) in [5.74, 6) is 1.63. The van der Waals surface area contributed by atoms with Crippen LogP contribution in [0.15, 0.2) is 24.3 Å². The van der Waals surface area contributed by atoms with Gasteiger partial charge in [0, 0.05) is 5.56 Å². The van der Waals surface area contributed by atoms with Crippen LogP contribution < -0.4 is 4.74 Å². The van der Waals surface area contributed by atoms with Gasteiger partial charge in [-0.3, -0.25) is 0 Å². The zero-order valence-corrected chi connectivity index (χ0v) is 9.71. The van der Waals surface area contributed by atoms with Crippen molar-refractivity contribution in [2.24, 2.45) is 5.92 Å². The number of hydrogen-bond donors (Lipinski definition) is 0. The average molecular weight is 202 g/mol. The van der Waals surface area contributed by atoms with Crippen LogP contribution in [0.25, 0.3) is 5.57 Å². The Balaban J connectivity index is 2.52. The summed E-state index contributed by atoms with van der Waals surface area (Å²) in [5.41, 5.74) is 4.23. The molecule has 80 valence electrons. The second-order valence-corrected chi connectivity index (χ2v) is 4.34. The van der Waals surface area contributed by atoms with Crippen LogP contribution in [-0.2, 0) is 6.42 Å². The van der Waals surface area contributed by atoms with Crippen molar-refractivity contribution in [1.29, 1.82) is 0 Å². The van der Waals surface area contributed by atoms with Crippen molar-refractivity contribution in [1.82, 2.24) is 0 Å². The minimum Gasteiger partial charge on any atom is -0.496 e. The zero-order chi connectivity index (χ0) is 10.8. The molecule has 0 atom stereocenters. The first-order chi connectivity index (χ1) is 7.24. The second kappa shape index (κ2) is 4.09. The smallest absolute Gasteiger partial charge is 0.122 e. The molecule has 0 heterocycles. The van der Waals surface area contributed by atoms with Gasteiger partial charge in [-0.1, -0.05) is 32.1 Å². The molecule has 0 N–H and O–H groups in total. The van der Waals surface area contributed by atoms with Crippen molar-refractivity contribution in [2.45, 2.75) is 26.7 Å². The van der Waals surface area contributed by atoms with Crippen LogP contribution in [0.1, 0.15) is 31.4 Å². The van der Waals surface area contributed by atoms with Gasteiger partial charge in [0.05, 0.1) is 7.11 Å². The fourth-order valence-electron chi connectivity index (χ4n) is 2.31. The molecule has 1 aliphatic carbocycles. The Morgan fingerprint density at radius 3 is 2.73 bits per heavy atom. The van der Waals surface area contributed by atoms with Crippen LogP contribution in [0.5, 0.6) is 5.75 Å². The van der Waals surface area contributed by atoms with E-state index in [0.717, 1.165) is 18.6 Å². The lowest BCUT2D eigenvalue weighted by molar-refractivity contribution is 0.409. The number of benzene rings is 1. The minimum atomic E-state index is 0.594. The highest BCUT2D eigenvalue weighted by molar-refractivity contribution is 5.73. The molecule has 0 saturated heterocycles. The SMILES string of the molecule is COc1cccc2c1CCC=C2C(C)C. The summed E-state index contributed by atoms with van der Waals surface area (Å²) in [7, 11) is 1.75. The highest BCUT2D eigenvalue weighted by Gasteiger charge is 2.17. The summed E-state index contributed by atoms with van der Waals surface area (Å²) in [6, 6.07) is 6.35. The molecule has 0 aromatic heterocycles. The highest BCUT2D eigenvalue weighted by atomic mass is 16.5. The highest BCUT2D eigenvalue weighted by Crippen LogP contribution is 2.36. The topological polar surface area (TPSA) is 9.23 Å².